The van der Waals surface area contributed by atoms with Crippen LogP contribution in [0.5, 0.6) is 5.88 Å². The number of nitrogen functional groups attached to an aromatic ring is 1. The van der Waals surface area contributed by atoms with Gasteiger partial charge in [0, 0.05) is 11.8 Å². The highest BCUT2D eigenvalue weighted by molar-refractivity contribution is 7.98. The summed E-state index contributed by atoms with van der Waals surface area (Å²) in [6.45, 7) is 4.22. The number of rotatable bonds is 4. The Labute approximate surface area is 118 Å². The normalized spacial score (nSPS) is 10.5. The molecule has 0 spiro atoms. The Kier molecular flexibility index (Phi) is 4.32. The molecule has 4 heteroatoms. The summed E-state index contributed by atoms with van der Waals surface area (Å²) < 4.78 is 5.12. The van der Waals surface area contributed by atoms with Crippen molar-refractivity contribution in [3.8, 4) is 5.88 Å². The van der Waals surface area contributed by atoms with Gasteiger partial charge in [-0.1, -0.05) is 41.1 Å². The summed E-state index contributed by atoms with van der Waals surface area (Å²) in [5.74, 6) is 1.45. The standard InChI is InChI=1S/C15H18N2OS/c1-10-6-11(2)8-12(7-10)9-19-15-13(16)4-5-14(17-15)18-3/h4-8H,9,16H2,1-3H3. The molecule has 0 unspecified atom stereocenters. The molecule has 3 nitrogen and oxygen atoms in total. The number of benzene rings is 1. The van der Waals surface area contributed by atoms with Crippen molar-refractivity contribution in [3.63, 3.8) is 0 Å². The Bertz CT molecular complexity index is 564. The van der Waals surface area contributed by atoms with Gasteiger partial charge in [0.05, 0.1) is 12.8 Å². The molecular formula is C15H18N2OS. The molecular weight excluding hydrogens is 256 g/mol. The second-order valence-corrected chi connectivity index (χ2v) is 5.50. The highest BCUT2D eigenvalue weighted by atomic mass is 32.2. The molecule has 0 atom stereocenters. The third-order valence-electron chi connectivity index (χ3n) is 2.73. The van der Waals surface area contributed by atoms with Gasteiger partial charge in [-0.05, 0) is 25.5 Å². The summed E-state index contributed by atoms with van der Waals surface area (Å²) >= 11 is 1.63. The third-order valence-corrected chi connectivity index (χ3v) is 3.81. The third kappa shape index (κ3) is 3.64. The summed E-state index contributed by atoms with van der Waals surface area (Å²) in [5, 5.41) is 0.818. The van der Waals surface area contributed by atoms with Gasteiger partial charge in [-0.25, -0.2) is 4.98 Å². The molecule has 0 aliphatic rings. The van der Waals surface area contributed by atoms with E-state index in [0.717, 1.165) is 10.8 Å². The predicted octanol–water partition coefficient (Wildman–Crippen LogP) is 3.58. The molecule has 1 aromatic carbocycles. The number of anilines is 1. The van der Waals surface area contributed by atoms with Crippen molar-refractivity contribution in [1.29, 1.82) is 0 Å². The lowest BCUT2D eigenvalue weighted by Crippen LogP contribution is -1.95. The first-order valence-electron chi connectivity index (χ1n) is 6.09. The highest BCUT2D eigenvalue weighted by Crippen LogP contribution is 2.28. The summed E-state index contributed by atoms with van der Waals surface area (Å²) in [4.78, 5) is 4.37. The second-order valence-electron chi connectivity index (χ2n) is 4.53. The van der Waals surface area contributed by atoms with Crippen LogP contribution in [0.1, 0.15) is 16.7 Å². The number of hydrogen-bond donors (Lipinski definition) is 1. The van der Waals surface area contributed by atoms with E-state index < -0.39 is 0 Å². The number of methoxy groups -OCH3 is 1. The minimum Gasteiger partial charge on any atom is -0.481 e. The number of nitrogens with zero attached hydrogens (tertiary/aromatic N) is 1. The summed E-state index contributed by atoms with van der Waals surface area (Å²) in [6, 6.07) is 10.2. The van der Waals surface area contributed by atoms with E-state index in [9.17, 15) is 0 Å². The molecule has 0 saturated carbocycles. The maximum Gasteiger partial charge on any atom is 0.214 e. The fourth-order valence-corrected chi connectivity index (χ4v) is 2.83. The molecule has 0 radical (unpaired) electrons. The average molecular weight is 274 g/mol. The molecule has 100 valence electrons. The van der Waals surface area contributed by atoms with Crippen molar-refractivity contribution >= 4 is 17.4 Å². The Hall–Kier alpha value is -1.68. The molecule has 19 heavy (non-hydrogen) atoms. The van der Waals surface area contributed by atoms with Crippen molar-refractivity contribution in [1.82, 2.24) is 4.98 Å². The lowest BCUT2D eigenvalue weighted by atomic mass is 10.1. The van der Waals surface area contributed by atoms with E-state index in [0.29, 0.717) is 11.6 Å². The zero-order chi connectivity index (χ0) is 13.8. The molecule has 0 fully saturated rings. The van der Waals surface area contributed by atoms with Crippen LogP contribution >= 0.6 is 11.8 Å². The summed E-state index contributed by atoms with van der Waals surface area (Å²) in [7, 11) is 1.61. The lowest BCUT2D eigenvalue weighted by Gasteiger charge is -2.08. The van der Waals surface area contributed by atoms with Gasteiger partial charge in [0.15, 0.2) is 0 Å². The van der Waals surface area contributed by atoms with Crippen LogP contribution < -0.4 is 10.5 Å². The Morgan fingerprint density at radius 3 is 2.47 bits per heavy atom. The maximum absolute atomic E-state index is 5.93. The highest BCUT2D eigenvalue weighted by Gasteiger charge is 2.05. The molecule has 0 bridgehead atoms. The van der Waals surface area contributed by atoms with E-state index in [1.165, 1.54) is 16.7 Å². The zero-order valence-corrected chi connectivity index (χ0v) is 12.3. The van der Waals surface area contributed by atoms with Gasteiger partial charge in [0.1, 0.15) is 5.03 Å². The first kappa shape index (κ1) is 13.7. The monoisotopic (exact) mass is 274 g/mol. The van der Waals surface area contributed by atoms with Crippen LogP contribution in [-0.4, -0.2) is 12.1 Å². The van der Waals surface area contributed by atoms with Crippen LogP contribution in [0, 0.1) is 13.8 Å². The molecule has 0 aliphatic carbocycles. The molecule has 0 saturated heterocycles. The smallest absolute Gasteiger partial charge is 0.214 e. The van der Waals surface area contributed by atoms with Crippen LogP contribution in [0.4, 0.5) is 5.69 Å². The van der Waals surface area contributed by atoms with Gasteiger partial charge in [0.2, 0.25) is 5.88 Å². The molecule has 2 aromatic rings. The number of nitrogens with two attached hydrogens (primary N) is 1. The van der Waals surface area contributed by atoms with E-state index in [-0.39, 0.29) is 0 Å². The fourth-order valence-electron chi connectivity index (χ4n) is 1.97. The number of ether oxygens (including phenoxy) is 1. The van der Waals surface area contributed by atoms with E-state index in [2.05, 4.69) is 37.0 Å². The SMILES string of the molecule is COc1ccc(N)c(SCc2cc(C)cc(C)c2)n1. The number of pyridine rings is 1. The average Bonchev–Trinajstić information content (AvgIpc) is 2.37. The van der Waals surface area contributed by atoms with Crippen LogP contribution in [-0.2, 0) is 5.75 Å². The summed E-state index contributed by atoms with van der Waals surface area (Å²) in [5.41, 5.74) is 10.5. The minimum absolute atomic E-state index is 0.595. The number of hydrogen-bond acceptors (Lipinski definition) is 4. The molecule has 1 aromatic heterocycles. The second kappa shape index (κ2) is 5.97. The number of aryl methyl sites for hydroxylation is 2. The van der Waals surface area contributed by atoms with Gasteiger partial charge < -0.3 is 10.5 Å². The van der Waals surface area contributed by atoms with Crippen molar-refractivity contribution in [2.45, 2.75) is 24.6 Å². The molecule has 1 heterocycles. The Balaban J connectivity index is 2.13. The molecule has 2 N–H and O–H groups in total. The van der Waals surface area contributed by atoms with Crippen molar-refractivity contribution in [3.05, 3.63) is 47.0 Å². The van der Waals surface area contributed by atoms with Gasteiger partial charge in [-0.3, -0.25) is 0 Å². The van der Waals surface area contributed by atoms with Crippen molar-refractivity contribution in [2.75, 3.05) is 12.8 Å². The van der Waals surface area contributed by atoms with Crippen LogP contribution in [0.3, 0.4) is 0 Å². The first-order valence-corrected chi connectivity index (χ1v) is 7.07. The number of thioether (sulfide) groups is 1. The predicted molar refractivity (Wildman–Crippen MR) is 80.7 cm³/mol. The zero-order valence-electron chi connectivity index (χ0n) is 11.4. The Morgan fingerprint density at radius 2 is 1.84 bits per heavy atom. The molecule has 0 amide bonds. The van der Waals surface area contributed by atoms with Crippen molar-refractivity contribution < 1.29 is 4.74 Å². The quantitative estimate of drug-likeness (QED) is 0.866. The molecule has 2 rings (SSSR count). The number of aromatic nitrogens is 1. The van der Waals surface area contributed by atoms with Gasteiger partial charge in [0.25, 0.3) is 0 Å². The van der Waals surface area contributed by atoms with Crippen LogP contribution in [0.15, 0.2) is 35.4 Å². The Morgan fingerprint density at radius 1 is 1.16 bits per heavy atom. The largest absolute Gasteiger partial charge is 0.481 e. The van der Waals surface area contributed by atoms with Gasteiger partial charge in [-0.15, -0.1) is 0 Å². The topological polar surface area (TPSA) is 48.1 Å². The van der Waals surface area contributed by atoms with Crippen molar-refractivity contribution in [2.24, 2.45) is 0 Å². The lowest BCUT2D eigenvalue weighted by molar-refractivity contribution is 0.395. The minimum atomic E-state index is 0.595. The van der Waals surface area contributed by atoms with Crippen LogP contribution in [0.2, 0.25) is 0 Å². The van der Waals surface area contributed by atoms with Gasteiger partial charge in [-0.2, -0.15) is 0 Å². The molecule has 0 aliphatic heterocycles. The fraction of sp³-hybridized carbons (Fsp3) is 0.267. The van der Waals surface area contributed by atoms with Crippen LogP contribution in [0.25, 0.3) is 0 Å². The van der Waals surface area contributed by atoms with E-state index in [1.807, 2.05) is 6.07 Å². The summed E-state index contributed by atoms with van der Waals surface area (Å²) in [6.07, 6.45) is 0. The van der Waals surface area contributed by atoms with E-state index in [4.69, 9.17) is 10.5 Å². The maximum atomic E-state index is 5.93. The van der Waals surface area contributed by atoms with Gasteiger partial charge >= 0.3 is 0 Å². The first-order chi connectivity index (χ1) is 9.08. The van der Waals surface area contributed by atoms with E-state index in [1.54, 1.807) is 24.9 Å². The van der Waals surface area contributed by atoms with E-state index >= 15 is 0 Å².